The zero-order valence-electron chi connectivity index (χ0n) is 9.92. The predicted molar refractivity (Wildman–Crippen MR) is 84.8 cm³/mol. The fourth-order valence-electron chi connectivity index (χ4n) is 1.80. The van der Waals surface area contributed by atoms with E-state index < -0.39 is 0 Å². The number of thioether (sulfide) groups is 1. The summed E-state index contributed by atoms with van der Waals surface area (Å²) in [5, 5.41) is 2.13. The van der Waals surface area contributed by atoms with Gasteiger partial charge in [0.2, 0.25) is 0 Å². The molecule has 0 unspecified atom stereocenters. The first kappa shape index (κ1) is 12.0. The molecule has 3 aromatic rings. The van der Waals surface area contributed by atoms with Gasteiger partial charge in [0.25, 0.3) is 0 Å². The van der Waals surface area contributed by atoms with Crippen molar-refractivity contribution in [1.82, 2.24) is 0 Å². The van der Waals surface area contributed by atoms with E-state index in [0.717, 1.165) is 0 Å². The van der Waals surface area contributed by atoms with Crippen molar-refractivity contribution >= 4 is 34.4 Å². The number of benzene rings is 1. The summed E-state index contributed by atoms with van der Waals surface area (Å²) in [6.07, 6.45) is 2.11. The van der Waals surface area contributed by atoms with Gasteiger partial charge in [0.05, 0.1) is 0 Å². The molecule has 0 saturated carbocycles. The SMILES string of the molecule is CSc1ccc(-c2ccc(-c3cccs3)s2)cc1. The molecule has 0 aliphatic rings. The van der Waals surface area contributed by atoms with Gasteiger partial charge in [-0.3, -0.25) is 0 Å². The van der Waals surface area contributed by atoms with Crippen molar-refractivity contribution in [1.29, 1.82) is 0 Å². The van der Waals surface area contributed by atoms with Gasteiger partial charge in [-0.2, -0.15) is 0 Å². The second-order valence-electron chi connectivity index (χ2n) is 3.87. The molecule has 0 fully saturated rings. The maximum Gasteiger partial charge on any atom is 0.0449 e. The second kappa shape index (κ2) is 5.31. The lowest BCUT2D eigenvalue weighted by molar-refractivity contribution is 1.47. The van der Waals surface area contributed by atoms with Gasteiger partial charge in [0.15, 0.2) is 0 Å². The molecule has 0 N–H and O–H groups in total. The highest BCUT2D eigenvalue weighted by Crippen LogP contribution is 2.36. The van der Waals surface area contributed by atoms with Crippen LogP contribution in [-0.4, -0.2) is 6.26 Å². The number of rotatable bonds is 3. The average Bonchev–Trinajstić information content (AvgIpc) is 3.09. The largest absolute Gasteiger partial charge is 0.143 e. The van der Waals surface area contributed by atoms with Crippen LogP contribution in [0.4, 0.5) is 0 Å². The van der Waals surface area contributed by atoms with E-state index in [4.69, 9.17) is 0 Å². The average molecular weight is 288 g/mol. The first-order chi connectivity index (χ1) is 8.86. The lowest BCUT2D eigenvalue weighted by Crippen LogP contribution is -1.72. The Morgan fingerprint density at radius 2 is 1.61 bits per heavy atom. The molecule has 0 atom stereocenters. The summed E-state index contributed by atoms with van der Waals surface area (Å²) in [6.45, 7) is 0. The maximum absolute atomic E-state index is 2.22. The van der Waals surface area contributed by atoms with Crippen LogP contribution in [0.15, 0.2) is 58.8 Å². The first-order valence-corrected chi connectivity index (χ1v) is 8.57. The van der Waals surface area contributed by atoms with E-state index in [1.54, 1.807) is 23.1 Å². The van der Waals surface area contributed by atoms with E-state index in [2.05, 4.69) is 60.2 Å². The molecular weight excluding hydrogens is 276 g/mol. The van der Waals surface area contributed by atoms with Crippen LogP contribution >= 0.6 is 34.4 Å². The van der Waals surface area contributed by atoms with Crippen molar-refractivity contribution in [2.24, 2.45) is 0 Å². The van der Waals surface area contributed by atoms with Gasteiger partial charge in [0, 0.05) is 19.5 Å². The zero-order chi connectivity index (χ0) is 12.4. The summed E-state index contributed by atoms with van der Waals surface area (Å²) in [5.41, 5.74) is 1.31. The molecule has 0 aliphatic carbocycles. The molecule has 0 bridgehead atoms. The minimum Gasteiger partial charge on any atom is -0.143 e. The third-order valence-electron chi connectivity index (χ3n) is 2.74. The van der Waals surface area contributed by atoms with Crippen LogP contribution in [0.1, 0.15) is 0 Å². The van der Waals surface area contributed by atoms with Crippen LogP contribution in [0.2, 0.25) is 0 Å². The normalized spacial score (nSPS) is 10.7. The van der Waals surface area contributed by atoms with Crippen LogP contribution in [0.5, 0.6) is 0 Å². The molecule has 0 spiro atoms. The minimum atomic E-state index is 1.31. The van der Waals surface area contributed by atoms with E-state index in [-0.39, 0.29) is 0 Å². The Hall–Kier alpha value is -1.03. The Bertz CT molecular complexity index is 618. The molecular formula is C15H12S3. The molecule has 0 nitrogen and oxygen atoms in total. The Kier molecular flexibility index (Phi) is 3.55. The van der Waals surface area contributed by atoms with E-state index in [1.165, 1.54) is 25.1 Å². The molecule has 0 aliphatic heterocycles. The highest BCUT2D eigenvalue weighted by Gasteiger charge is 2.05. The van der Waals surface area contributed by atoms with Crippen molar-refractivity contribution in [2.75, 3.05) is 6.26 Å². The van der Waals surface area contributed by atoms with Crippen molar-refractivity contribution in [3.63, 3.8) is 0 Å². The van der Waals surface area contributed by atoms with E-state index in [1.807, 2.05) is 11.3 Å². The highest BCUT2D eigenvalue weighted by atomic mass is 32.2. The number of hydrogen-bond donors (Lipinski definition) is 0. The third kappa shape index (κ3) is 2.39. The summed E-state index contributed by atoms with van der Waals surface area (Å²) in [7, 11) is 0. The van der Waals surface area contributed by atoms with Gasteiger partial charge in [0.1, 0.15) is 0 Å². The lowest BCUT2D eigenvalue weighted by atomic mass is 10.2. The quantitative estimate of drug-likeness (QED) is 0.543. The van der Waals surface area contributed by atoms with Gasteiger partial charge in [-0.1, -0.05) is 18.2 Å². The minimum absolute atomic E-state index is 1.31. The Balaban J connectivity index is 1.92. The van der Waals surface area contributed by atoms with Gasteiger partial charge < -0.3 is 0 Å². The van der Waals surface area contributed by atoms with Crippen molar-refractivity contribution in [3.05, 3.63) is 53.9 Å². The number of hydrogen-bond acceptors (Lipinski definition) is 3. The molecule has 0 saturated heterocycles. The fraction of sp³-hybridized carbons (Fsp3) is 0.0667. The Morgan fingerprint density at radius 1 is 0.833 bits per heavy atom. The highest BCUT2D eigenvalue weighted by molar-refractivity contribution is 7.98. The number of thiophene rings is 2. The summed E-state index contributed by atoms with van der Waals surface area (Å²) in [4.78, 5) is 5.36. The first-order valence-electron chi connectivity index (χ1n) is 5.65. The molecule has 1 aromatic carbocycles. The summed E-state index contributed by atoms with van der Waals surface area (Å²) < 4.78 is 0. The molecule has 0 amide bonds. The molecule has 0 radical (unpaired) electrons. The smallest absolute Gasteiger partial charge is 0.0449 e. The topological polar surface area (TPSA) is 0 Å². The summed E-state index contributed by atoms with van der Waals surface area (Å²) in [5.74, 6) is 0. The van der Waals surface area contributed by atoms with Crippen molar-refractivity contribution in [2.45, 2.75) is 4.90 Å². The Labute approximate surface area is 119 Å². The molecule has 3 heteroatoms. The third-order valence-corrected chi connectivity index (χ3v) is 5.69. The molecule has 2 heterocycles. The molecule has 18 heavy (non-hydrogen) atoms. The van der Waals surface area contributed by atoms with Gasteiger partial charge in [-0.15, -0.1) is 34.4 Å². The lowest BCUT2D eigenvalue weighted by Gasteiger charge is -1.99. The van der Waals surface area contributed by atoms with Gasteiger partial charge in [-0.05, 0) is 47.5 Å². The van der Waals surface area contributed by atoms with E-state index in [9.17, 15) is 0 Å². The predicted octanol–water partition coefficient (Wildman–Crippen LogP) is 5.87. The molecule has 2 aromatic heterocycles. The van der Waals surface area contributed by atoms with Crippen LogP contribution in [0.25, 0.3) is 20.2 Å². The second-order valence-corrected chi connectivity index (χ2v) is 6.78. The van der Waals surface area contributed by atoms with Crippen LogP contribution in [0.3, 0.4) is 0 Å². The fourth-order valence-corrected chi connectivity index (χ4v) is 4.05. The van der Waals surface area contributed by atoms with E-state index >= 15 is 0 Å². The van der Waals surface area contributed by atoms with Crippen molar-refractivity contribution < 1.29 is 0 Å². The van der Waals surface area contributed by atoms with Crippen molar-refractivity contribution in [3.8, 4) is 20.2 Å². The summed E-state index contributed by atoms with van der Waals surface area (Å²) in [6, 6.07) is 17.5. The standard InChI is InChI=1S/C15H12S3/c1-16-12-6-4-11(5-7-12)13-8-9-15(18-13)14-3-2-10-17-14/h2-10H,1H3. The van der Waals surface area contributed by atoms with Crippen LogP contribution in [-0.2, 0) is 0 Å². The zero-order valence-corrected chi connectivity index (χ0v) is 12.4. The monoisotopic (exact) mass is 288 g/mol. The Morgan fingerprint density at radius 3 is 2.28 bits per heavy atom. The molecule has 3 rings (SSSR count). The van der Waals surface area contributed by atoms with Gasteiger partial charge in [-0.25, -0.2) is 0 Å². The van der Waals surface area contributed by atoms with Crippen LogP contribution in [0, 0.1) is 0 Å². The summed E-state index contributed by atoms with van der Waals surface area (Å²) >= 11 is 5.44. The maximum atomic E-state index is 2.22. The molecule has 90 valence electrons. The van der Waals surface area contributed by atoms with Crippen LogP contribution < -0.4 is 0 Å². The van der Waals surface area contributed by atoms with Gasteiger partial charge >= 0.3 is 0 Å². The van der Waals surface area contributed by atoms with E-state index in [0.29, 0.717) is 0 Å².